The molecule has 9 heteroatoms. The first-order valence-corrected chi connectivity index (χ1v) is 11.1. The second-order valence-corrected chi connectivity index (χ2v) is 8.22. The van der Waals surface area contributed by atoms with E-state index in [4.69, 9.17) is 4.74 Å². The molecule has 1 aliphatic carbocycles. The molecule has 0 spiro atoms. The van der Waals surface area contributed by atoms with Crippen LogP contribution >= 0.6 is 0 Å². The number of aromatic nitrogens is 6. The van der Waals surface area contributed by atoms with Crippen LogP contribution in [-0.4, -0.2) is 41.8 Å². The zero-order chi connectivity index (χ0) is 22.9. The van der Waals surface area contributed by atoms with Crippen molar-refractivity contribution in [2.75, 3.05) is 11.9 Å². The summed E-state index contributed by atoms with van der Waals surface area (Å²) in [6, 6.07) is 10.9. The van der Waals surface area contributed by atoms with E-state index in [2.05, 4.69) is 31.2 Å². The van der Waals surface area contributed by atoms with Crippen LogP contribution < -0.4 is 10.1 Å². The number of imidazole rings is 1. The van der Waals surface area contributed by atoms with Gasteiger partial charge in [-0.2, -0.15) is 0 Å². The Labute approximate surface area is 195 Å². The van der Waals surface area contributed by atoms with Crippen LogP contribution in [0.5, 0.6) is 5.75 Å². The highest BCUT2D eigenvalue weighted by Gasteiger charge is 2.26. The topological polar surface area (TPSA) is 99.8 Å². The fourth-order valence-corrected chi connectivity index (χ4v) is 3.86. The fourth-order valence-electron chi connectivity index (χ4n) is 3.86. The molecule has 0 radical (unpaired) electrons. The summed E-state index contributed by atoms with van der Waals surface area (Å²) in [7, 11) is 0. The molecule has 1 fully saturated rings. The lowest BCUT2D eigenvalue weighted by molar-refractivity contribution is 0.102. The van der Waals surface area contributed by atoms with Crippen LogP contribution in [0.2, 0.25) is 0 Å². The van der Waals surface area contributed by atoms with E-state index in [0.29, 0.717) is 41.1 Å². The van der Waals surface area contributed by atoms with Crippen LogP contribution in [0.1, 0.15) is 34.8 Å². The minimum absolute atomic E-state index is 0.272. The molecule has 2 bridgehead atoms. The van der Waals surface area contributed by atoms with Crippen molar-refractivity contribution in [3.63, 3.8) is 0 Å². The lowest BCUT2D eigenvalue weighted by Crippen LogP contribution is -2.15. The molecule has 1 N–H and O–H groups in total. The van der Waals surface area contributed by atoms with Gasteiger partial charge in [0.05, 0.1) is 24.1 Å². The highest BCUT2D eigenvalue weighted by atomic mass is 16.5. The molecule has 168 valence electrons. The molecule has 0 atom stereocenters. The molecule has 6 rings (SSSR count). The lowest BCUT2D eigenvalue weighted by atomic mass is 10.1. The van der Waals surface area contributed by atoms with Gasteiger partial charge in [-0.25, -0.2) is 9.97 Å². The fraction of sp³-hybridized carbons (Fsp3) is 0.200. The minimum atomic E-state index is -0.320. The van der Waals surface area contributed by atoms with Gasteiger partial charge < -0.3 is 19.2 Å². The Morgan fingerprint density at radius 3 is 2.97 bits per heavy atom. The summed E-state index contributed by atoms with van der Waals surface area (Å²) in [4.78, 5) is 22.4. The summed E-state index contributed by atoms with van der Waals surface area (Å²) in [5.41, 5.74) is 6.04. The Balaban J connectivity index is 1.39. The molecule has 0 saturated heterocycles. The lowest BCUT2D eigenvalue weighted by Gasteiger charge is -2.13. The molecule has 1 amide bonds. The van der Waals surface area contributed by atoms with E-state index in [1.807, 2.05) is 45.7 Å². The van der Waals surface area contributed by atoms with Gasteiger partial charge in [0.25, 0.3) is 5.91 Å². The van der Waals surface area contributed by atoms with Crippen molar-refractivity contribution in [2.45, 2.75) is 25.3 Å². The van der Waals surface area contributed by atoms with E-state index in [9.17, 15) is 4.79 Å². The first-order chi connectivity index (χ1) is 16.7. The van der Waals surface area contributed by atoms with Gasteiger partial charge >= 0.3 is 0 Å². The molecule has 4 aromatic rings. The molecular weight excluding hydrogens is 430 g/mol. The van der Waals surface area contributed by atoms with Gasteiger partial charge in [0.1, 0.15) is 30.2 Å². The van der Waals surface area contributed by atoms with E-state index < -0.39 is 0 Å². The number of benzene rings is 1. The van der Waals surface area contributed by atoms with Crippen molar-refractivity contribution in [3.8, 4) is 23.0 Å². The number of hydrogen-bond acceptors (Lipinski definition) is 6. The van der Waals surface area contributed by atoms with E-state index in [1.54, 1.807) is 30.9 Å². The van der Waals surface area contributed by atoms with E-state index in [1.165, 1.54) is 12.8 Å². The van der Waals surface area contributed by atoms with Gasteiger partial charge in [-0.05, 0) is 55.3 Å². The molecule has 1 saturated carbocycles. The Hall–Kier alpha value is -4.49. The number of hydrogen-bond donors (Lipinski definition) is 1. The molecule has 34 heavy (non-hydrogen) atoms. The van der Waals surface area contributed by atoms with Crippen molar-refractivity contribution in [1.82, 2.24) is 29.3 Å². The van der Waals surface area contributed by atoms with Crippen LogP contribution in [0.3, 0.4) is 0 Å². The normalized spacial score (nSPS) is 15.5. The smallest absolute Gasteiger partial charge is 0.260 e. The third kappa shape index (κ3) is 4.00. The molecule has 2 aliphatic rings. The van der Waals surface area contributed by atoms with Crippen molar-refractivity contribution in [1.29, 1.82) is 0 Å². The molecular formula is C25H21N7O2. The average Bonchev–Trinajstić information content (AvgIpc) is 3.39. The maximum Gasteiger partial charge on any atom is 0.260 e. The minimum Gasteiger partial charge on any atom is -0.488 e. The molecule has 0 unspecified atom stereocenters. The van der Waals surface area contributed by atoms with Gasteiger partial charge in [0.2, 0.25) is 0 Å². The predicted octanol–water partition coefficient (Wildman–Crippen LogP) is 3.76. The number of amides is 1. The van der Waals surface area contributed by atoms with Gasteiger partial charge in [-0.1, -0.05) is 6.07 Å². The van der Waals surface area contributed by atoms with Gasteiger partial charge in [-0.15, -0.1) is 15.9 Å². The van der Waals surface area contributed by atoms with Crippen molar-refractivity contribution in [2.24, 2.45) is 0 Å². The van der Waals surface area contributed by atoms with Crippen molar-refractivity contribution < 1.29 is 9.53 Å². The number of pyridine rings is 1. The highest BCUT2D eigenvalue weighted by molar-refractivity contribution is 6.06. The number of carbonyl (C=O) groups excluding carboxylic acids is 1. The molecule has 1 aliphatic heterocycles. The number of nitrogens with zero attached hydrogens (tertiary/aromatic N) is 6. The van der Waals surface area contributed by atoms with Crippen LogP contribution in [0.15, 0.2) is 73.1 Å². The summed E-state index contributed by atoms with van der Waals surface area (Å²) in [5.74, 6) is 1.73. The largest absolute Gasteiger partial charge is 0.488 e. The number of nitrogens with one attached hydrogen (secondary N) is 1. The quantitative estimate of drug-likeness (QED) is 0.466. The maximum atomic E-state index is 13.3. The molecule has 4 heterocycles. The van der Waals surface area contributed by atoms with Crippen LogP contribution in [0.4, 0.5) is 5.82 Å². The number of rotatable bonds is 2. The van der Waals surface area contributed by atoms with Gasteiger partial charge in [0, 0.05) is 17.8 Å². The second-order valence-electron chi connectivity index (χ2n) is 8.22. The van der Waals surface area contributed by atoms with E-state index >= 15 is 0 Å². The third-order valence-corrected chi connectivity index (χ3v) is 5.79. The number of fused-ring (bicyclic) bond motifs is 5. The maximum absolute atomic E-state index is 13.3. The number of carbonyl (C=O) groups is 1. The SMILES string of the molecule is O=C1Nc2cccc(n2)-c2nncn2CC=C=CCOc2ccc(-n3cnc(C4CC4)c3)cc21. The molecule has 9 nitrogen and oxygen atoms in total. The molecule has 3 aromatic heterocycles. The van der Waals surface area contributed by atoms with Gasteiger partial charge in [0.15, 0.2) is 5.82 Å². The zero-order valence-electron chi connectivity index (χ0n) is 18.3. The molecule has 1 aromatic carbocycles. The summed E-state index contributed by atoms with van der Waals surface area (Å²) in [6.07, 6.45) is 11.5. The van der Waals surface area contributed by atoms with Crippen LogP contribution in [0, 0.1) is 0 Å². The number of anilines is 1. The second kappa shape index (κ2) is 8.46. The summed E-state index contributed by atoms with van der Waals surface area (Å²) in [6.45, 7) is 0.804. The van der Waals surface area contributed by atoms with E-state index in [0.717, 1.165) is 11.4 Å². The zero-order valence-corrected chi connectivity index (χ0v) is 18.3. The summed E-state index contributed by atoms with van der Waals surface area (Å²) < 4.78 is 9.71. The van der Waals surface area contributed by atoms with Crippen LogP contribution in [0.25, 0.3) is 17.2 Å². The van der Waals surface area contributed by atoms with Gasteiger partial charge in [-0.3, -0.25) is 4.79 Å². The first kappa shape index (κ1) is 20.1. The average molecular weight is 451 g/mol. The Kier molecular flexibility index (Phi) is 5.01. The Morgan fingerprint density at radius 2 is 2.06 bits per heavy atom. The Morgan fingerprint density at radius 1 is 1.12 bits per heavy atom. The predicted molar refractivity (Wildman–Crippen MR) is 125 cm³/mol. The monoisotopic (exact) mass is 451 g/mol. The van der Waals surface area contributed by atoms with E-state index in [-0.39, 0.29) is 12.5 Å². The Bertz CT molecular complexity index is 1440. The van der Waals surface area contributed by atoms with Crippen molar-refractivity contribution in [3.05, 3.63) is 84.4 Å². The first-order valence-electron chi connectivity index (χ1n) is 11.1. The summed E-state index contributed by atoms with van der Waals surface area (Å²) in [5, 5.41) is 11.1. The standard InChI is InChI=1S/C25H21N7O2/c33-25-19-13-18(32-14-21(26-15-32)17-7-8-17)9-10-22(19)34-12-3-1-2-11-31-16-27-30-24(31)20-5-4-6-23(28-20)29-25/h2-6,9-10,13-17H,7-8,11-12H2,(H,28,29,33). The highest BCUT2D eigenvalue weighted by Crippen LogP contribution is 2.39. The summed E-state index contributed by atoms with van der Waals surface area (Å²) >= 11 is 0. The van der Waals surface area contributed by atoms with Crippen molar-refractivity contribution >= 4 is 11.7 Å². The number of ether oxygens (including phenoxy) is 1. The third-order valence-electron chi connectivity index (χ3n) is 5.79. The van der Waals surface area contributed by atoms with Crippen LogP contribution in [-0.2, 0) is 6.54 Å².